The third-order valence-electron chi connectivity index (χ3n) is 2.97. The normalized spacial score (nSPS) is 10.8. The highest BCUT2D eigenvalue weighted by molar-refractivity contribution is 7.19. The Balaban J connectivity index is 1.80. The van der Waals surface area contributed by atoms with E-state index < -0.39 is 0 Å². The van der Waals surface area contributed by atoms with Gasteiger partial charge in [0, 0.05) is 18.7 Å². The number of hydrogen-bond donors (Lipinski definition) is 1. The second-order valence-corrected chi connectivity index (χ2v) is 5.65. The Labute approximate surface area is 125 Å². The summed E-state index contributed by atoms with van der Waals surface area (Å²) >= 11 is 1.44. The molecule has 0 radical (unpaired) electrons. The molecule has 0 saturated heterocycles. The maximum atomic E-state index is 5.78. The molecule has 3 aromatic rings. The summed E-state index contributed by atoms with van der Waals surface area (Å²) in [6, 6.07) is 5.63. The van der Waals surface area contributed by atoms with Crippen LogP contribution in [0.25, 0.3) is 10.8 Å². The van der Waals surface area contributed by atoms with E-state index in [0.717, 1.165) is 21.0 Å². The Kier molecular flexibility index (Phi) is 3.57. The highest BCUT2D eigenvalue weighted by atomic mass is 32.1. The minimum Gasteiger partial charge on any atom is -0.481 e. The van der Waals surface area contributed by atoms with Gasteiger partial charge in [-0.05, 0) is 24.1 Å². The number of aromatic nitrogens is 3. The minimum atomic E-state index is 0.505. The van der Waals surface area contributed by atoms with Gasteiger partial charge in [-0.25, -0.2) is 4.98 Å². The van der Waals surface area contributed by atoms with E-state index in [1.165, 1.54) is 11.3 Å². The largest absolute Gasteiger partial charge is 0.481 e. The zero-order valence-corrected chi connectivity index (χ0v) is 12.5. The number of rotatable bonds is 4. The number of nitrogens with two attached hydrogens (primary N) is 1. The molecule has 0 bridgehead atoms. The van der Waals surface area contributed by atoms with Crippen LogP contribution in [0, 0.1) is 6.92 Å². The predicted molar refractivity (Wildman–Crippen MR) is 80.4 cm³/mol. The highest BCUT2D eigenvalue weighted by Gasteiger charge is 2.14. The lowest BCUT2D eigenvalue weighted by Gasteiger charge is -1.99. The lowest BCUT2D eigenvalue weighted by molar-refractivity contribution is 0.397. The average Bonchev–Trinajstić information content (AvgIpc) is 3.06. The molecular weight excluding hydrogens is 288 g/mol. The molecule has 0 spiro atoms. The van der Waals surface area contributed by atoms with Crippen LogP contribution in [0.3, 0.4) is 0 Å². The topological polar surface area (TPSA) is 87.1 Å². The van der Waals surface area contributed by atoms with E-state index in [2.05, 4.69) is 15.1 Å². The minimum absolute atomic E-state index is 0.505. The molecule has 0 aromatic carbocycles. The van der Waals surface area contributed by atoms with E-state index in [0.29, 0.717) is 24.0 Å². The second kappa shape index (κ2) is 5.53. The van der Waals surface area contributed by atoms with Gasteiger partial charge in [0.15, 0.2) is 5.82 Å². The molecule has 0 amide bonds. The summed E-state index contributed by atoms with van der Waals surface area (Å²) in [5, 5.41) is 4.74. The summed E-state index contributed by atoms with van der Waals surface area (Å²) in [5.74, 6) is 1.70. The molecule has 3 rings (SSSR count). The van der Waals surface area contributed by atoms with Gasteiger partial charge in [-0.2, -0.15) is 4.98 Å². The van der Waals surface area contributed by atoms with E-state index in [9.17, 15) is 0 Å². The van der Waals surface area contributed by atoms with Gasteiger partial charge in [0.1, 0.15) is 0 Å². The molecule has 0 saturated carbocycles. The van der Waals surface area contributed by atoms with Crippen molar-refractivity contribution in [1.82, 2.24) is 15.1 Å². The molecular formula is C14H14N4O2S. The smallest absolute Gasteiger partial charge is 0.268 e. The first-order chi connectivity index (χ1) is 10.2. The Morgan fingerprint density at radius 2 is 2.24 bits per heavy atom. The summed E-state index contributed by atoms with van der Waals surface area (Å²) < 4.78 is 10.3. The Morgan fingerprint density at radius 3 is 2.86 bits per heavy atom. The van der Waals surface area contributed by atoms with Gasteiger partial charge < -0.3 is 15.0 Å². The van der Waals surface area contributed by atoms with Crippen molar-refractivity contribution in [1.29, 1.82) is 0 Å². The number of ether oxygens (including phenoxy) is 1. The average molecular weight is 302 g/mol. The number of nitrogen functional groups attached to an aromatic ring is 1. The zero-order chi connectivity index (χ0) is 14.8. The monoisotopic (exact) mass is 302 g/mol. The van der Waals surface area contributed by atoms with Crippen LogP contribution in [-0.4, -0.2) is 22.2 Å². The number of thiophene rings is 1. The van der Waals surface area contributed by atoms with Crippen molar-refractivity contribution in [2.24, 2.45) is 0 Å². The number of anilines is 1. The standard InChI is InChI=1S/C14H14N4O2S/c1-8-5-10(15)21-13(8)14-17-11(18-20-14)6-9-3-4-12(19-2)16-7-9/h3-5,7H,6,15H2,1-2H3. The summed E-state index contributed by atoms with van der Waals surface area (Å²) in [4.78, 5) is 9.48. The molecule has 0 aliphatic carbocycles. The van der Waals surface area contributed by atoms with Crippen molar-refractivity contribution >= 4 is 16.3 Å². The SMILES string of the molecule is COc1ccc(Cc2noc(-c3sc(N)cc3C)n2)cn1. The third kappa shape index (κ3) is 2.87. The number of aryl methyl sites for hydroxylation is 1. The van der Waals surface area contributed by atoms with Crippen LogP contribution in [-0.2, 0) is 6.42 Å². The van der Waals surface area contributed by atoms with E-state index in [1.807, 2.05) is 19.1 Å². The van der Waals surface area contributed by atoms with Gasteiger partial charge in [0.05, 0.1) is 17.0 Å². The molecule has 0 unspecified atom stereocenters. The Morgan fingerprint density at radius 1 is 1.38 bits per heavy atom. The van der Waals surface area contributed by atoms with Crippen molar-refractivity contribution in [3.63, 3.8) is 0 Å². The van der Waals surface area contributed by atoms with Crippen molar-refractivity contribution in [2.75, 3.05) is 12.8 Å². The fraction of sp³-hybridized carbons (Fsp3) is 0.214. The lowest BCUT2D eigenvalue weighted by atomic mass is 10.2. The fourth-order valence-electron chi connectivity index (χ4n) is 1.96. The molecule has 6 nitrogen and oxygen atoms in total. The quantitative estimate of drug-likeness (QED) is 0.797. The molecule has 3 heterocycles. The van der Waals surface area contributed by atoms with E-state index in [4.69, 9.17) is 15.0 Å². The van der Waals surface area contributed by atoms with Crippen LogP contribution in [0.4, 0.5) is 5.00 Å². The van der Waals surface area contributed by atoms with Gasteiger partial charge in [0.2, 0.25) is 5.88 Å². The molecule has 0 aliphatic heterocycles. The number of pyridine rings is 1. The Hall–Kier alpha value is -2.41. The van der Waals surface area contributed by atoms with E-state index in [-0.39, 0.29) is 0 Å². The van der Waals surface area contributed by atoms with E-state index >= 15 is 0 Å². The van der Waals surface area contributed by atoms with Crippen molar-refractivity contribution in [2.45, 2.75) is 13.3 Å². The molecule has 3 aromatic heterocycles. The molecule has 21 heavy (non-hydrogen) atoms. The van der Waals surface area contributed by atoms with Gasteiger partial charge in [-0.15, -0.1) is 11.3 Å². The fourth-order valence-corrected chi connectivity index (χ4v) is 2.82. The molecule has 7 heteroatoms. The van der Waals surface area contributed by atoms with Crippen molar-refractivity contribution < 1.29 is 9.26 Å². The maximum Gasteiger partial charge on any atom is 0.268 e. The van der Waals surface area contributed by atoms with Crippen molar-refractivity contribution in [3.8, 4) is 16.6 Å². The number of hydrogen-bond acceptors (Lipinski definition) is 7. The summed E-state index contributed by atoms with van der Waals surface area (Å²) in [5.41, 5.74) is 7.81. The van der Waals surface area contributed by atoms with Gasteiger partial charge in [-0.1, -0.05) is 11.2 Å². The molecule has 2 N–H and O–H groups in total. The predicted octanol–water partition coefficient (Wildman–Crippen LogP) is 2.68. The zero-order valence-electron chi connectivity index (χ0n) is 11.7. The molecule has 0 aliphatic rings. The summed E-state index contributed by atoms with van der Waals surface area (Å²) in [6.07, 6.45) is 2.30. The molecule has 0 fully saturated rings. The summed E-state index contributed by atoms with van der Waals surface area (Å²) in [6.45, 7) is 1.97. The van der Waals surface area contributed by atoms with Crippen LogP contribution in [0.2, 0.25) is 0 Å². The Bertz CT molecular complexity index is 749. The van der Waals surface area contributed by atoms with Crippen LogP contribution in [0.1, 0.15) is 17.0 Å². The third-order valence-corrected chi connectivity index (χ3v) is 4.02. The van der Waals surface area contributed by atoms with Gasteiger partial charge in [0.25, 0.3) is 5.89 Å². The van der Waals surface area contributed by atoms with Crippen LogP contribution in [0.15, 0.2) is 28.9 Å². The van der Waals surface area contributed by atoms with Gasteiger partial charge >= 0.3 is 0 Å². The van der Waals surface area contributed by atoms with Crippen LogP contribution >= 0.6 is 11.3 Å². The first-order valence-corrected chi connectivity index (χ1v) is 7.15. The molecule has 108 valence electrons. The first-order valence-electron chi connectivity index (χ1n) is 6.33. The first kappa shape index (κ1) is 13.6. The molecule has 0 atom stereocenters. The lowest BCUT2D eigenvalue weighted by Crippen LogP contribution is -1.93. The highest BCUT2D eigenvalue weighted by Crippen LogP contribution is 2.32. The number of methoxy groups -OCH3 is 1. The second-order valence-electron chi connectivity index (χ2n) is 4.56. The maximum absolute atomic E-state index is 5.78. The van der Waals surface area contributed by atoms with Crippen molar-refractivity contribution in [3.05, 3.63) is 41.3 Å². The summed E-state index contributed by atoms with van der Waals surface area (Å²) in [7, 11) is 1.59. The van der Waals surface area contributed by atoms with Gasteiger partial charge in [-0.3, -0.25) is 0 Å². The number of nitrogens with zero attached hydrogens (tertiary/aromatic N) is 3. The van der Waals surface area contributed by atoms with Crippen LogP contribution < -0.4 is 10.5 Å². The van der Waals surface area contributed by atoms with Crippen LogP contribution in [0.5, 0.6) is 5.88 Å². The van der Waals surface area contributed by atoms with E-state index in [1.54, 1.807) is 19.4 Å².